The number of aliphatic carboxylic acids is 1. The van der Waals surface area contributed by atoms with Crippen LogP contribution in [0.15, 0.2) is 54.6 Å². The molecule has 1 atom stereocenters. The molecule has 0 fully saturated rings. The van der Waals surface area contributed by atoms with Crippen LogP contribution in [0.5, 0.6) is 0 Å². The van der Waals surface area contributed by atoms with E-state index in [4.69, 9.17) is 5.26 Å². The molecule has 2 aromatic carbocycles. The molecule has 2 rings (SSSR count). The van der Waals surface area contributed by atoms with E-state index in [1.807, 2.05) is 6.07 Å². The van der Waals surface area contributed by atoms with Gasteiger partial charge < -0.3 is 10.4 Å². The van der Waals surface area contributed by atoms with Gasteiger partial charge in [0.2, 0.25) is 0 Å². The molecule has 0 spiro atoms. The highest BCUT2D eigenvalue weighted by Gasteiger charge is 2.21. The number of nitriles is 1. The molecule has 0 aliphatic heterocycles. The van der Waals surface area contributed by atoms with Crippen LogP contribution >= 0.6 is 0 Å². The fourth-order valence-electron chi connectivity index (χ4n) is 2.03. The summed E-state index contributed by atoms with van der Waals surface area (Å²) in [6, 6.07) is 16.0. The fraction of sp³-hybridized carbons (Fsp3) is 0.118. The Morgan fingerprint density at radius 2 is 1.86 bits per heavy atom. The number of amides is 1. The van der Waals surface area contributed by atoms with Crippen LogP contribution in [-0.2, 0) is 11.2 Å². The largest absolute Gasteiger partial charge is 0.480 e. The van der Waals surface area contributed by atoms with E-state index >= 15 is 0 Å². The van der Waals surface area contributed by atoms with Crippen molar-refractivity contribution in [2.45, 2.75) is 12.5 Å². The zero-order valence-corrected chi connectivity index (χ0v) is 11.7. The molecular weight excluding hydrogens is 280 g/mol. The first-order valence-corrected chi connectivity index (χ1v) is 6.68. The van der Waals surface area contributed by atoms with Crippen LogP contribution in [0.2, 0.25) is 0 Å². The van der Waals surface area contributed by atoms with Crippen molar-refractivity contribution in [1.82, 2.24) is 5.32 Å². The van der Waals surface area contributed by atoms with Gasteiger partial charge in [-0.15, -0.1) is 0 Å². The summed E-state index contributed by atoms with van der Waals surface area (Å²) in [5, 5.41) is 20.6. The van der Waals surface area contributed by atoms with Crippen LogP contribution in [0.1, 0.15) is 21.5 Å². The first-order chi connectivity index (χ1) is 10.6. The molecule has 1 amide bonds. The SMILES string of the molecule is N#Cc1cccc(C[C@@H](NC(=O)c2ccccc2)C(=O)O)c1. The number of benzene rings is 2. The molecule has 2 N–H and O–H groups in total. The van der Waals surface area contributed by atoms with Crippen molar-refractivity contribution >= 4 is 11.9 Å². The van der Waals surface area contributed by atoms with Crippen molar-refractivity contribution < 1.29 is 14.7 Å². The molecule has 0 aliphatic carbocycles. The van der Waals surface area contributed by atoms with Gasteiger partial charge in [0.15, 0.2) is 0 Å². The lowest BCUT2D eigenvalue weighted by Gasteiger charge is -2.14. The fourth-order valence-corrected chi connectivity index (χ4v) is 2.03. The smallest absolute Gasteiger partial charge is 0.326 e. The molecule has 2 aromatic rings. The molecule has 0 aromatic heterocycles. The number of nitrogens with one attached hydrogen (secondary N) is 1. The lowest BCUT2D eigenvalue weighted by molar-refractivity contribution is -0.139. The van der Waals surface area contributed by atoms with Crippen molar-refractivity contribution in [3.63, 3.8) is 0 Å². The van der Waals surface area contributed by atoms with Gasteiger partial charge in [0.25, 0.3) is 5.91 Å². The standard InChI is InChI=1S/C17H14N2O3/c18-11-13-6-4-5-12(9-13)10-15(17(21)22)19-16(20)14-7-2-1-3-8-14/h1-9,15H,10H2,(H,19,20)(H,21,22)/t15-/m1/s1. The van der Waals surface area contributed by atoms with E-state index in [-0.39, 0.29) is 6.42 Å². The molecule has 0 radical (unpaired) electrons. The minimum atomic E-state index is -1.12. The van der Waals surface area contributed by atoms with Gasteiger partial charge in [0, 0.05) is 12.0 Å². The van der Waals surface area contributed by atoms with Gasteiger partial charge in [0.05, 0.1) is 11.6 Å². The minimum Gasteiger partial charge on any atom is -0.480 e. The Morgan fingerprint density at radius 1 is 1.14 bits per heavy atom. The maximum absolute atomic E-state index is 12.0. The quantitative estimate of drug-likeness (QED) is 0.882. The average Bonchev–Trinajstić information content (AvgIpc) is 2.55. The molecule has 22 heavy (non-hydrogen) atoms. The normalized spacial score (nSPS) is 11.2. The second-order valence-electron chi connectivity index (χ2n) is 4.75. The Hall–Kier alpha value is -3.13. The average molecular weight is 294 g/mol. The van der Waals surface area contributed by atoms with E-state index in [0.717, 1.165) is 0 Å². The predicted molar refractivity (Wildman–Crippen MR) is 80.2 cm³/mol. The van der Waals surface area contributed by atoms with Crippen molar-refractivity contribution in [3.05, 3.63) is 71.3 Å². The third-order valence-electron chi connectivity index (χ3n) is 3.14. The predicted octanol–water partition coefficient (Wildman–Crippen LogP) is 1.98. The molecule has 5 heteroatoms. The van der Waals surface area contributed by atoms with Crippen molar-refractivity contribution in [1.29, 1.82) is 5.26 Å². The highest BCUT2D eigenvalue weighted by molar-refractivity contribution is 5.96. The second kappa shape index (κ2) is 7.04. The first-order valence-electron chi connectivity index (χ1n) is 6.68. The summed E-state index contributed by atoms with van der Waals surface area (Å²) in [7, 11) is 0. The molecule has 0 saturated heterocycles. The molecular formula is C17H14N2O3. The molecule has 0 heterocycles. The Bertz CT molecular complexity index is 720. The Kier molecular flexibility index (Phi) is 4.89. The second-order valence-corrected chi connectivity index (χ2v) is 4.75. The summed E-state index contributed by atoms with van der Waals surface area (Å²) in [6.45, 7) is 0. The van der Waals surface area contributed by atoms with Crippen molar-refractivity contribution in [2.75, 3.05) is 0 Å². The van der Waals surface area contributed by atoms with E-state index < -0.39 is 17.9 Å². The maximum Gasteiger partial charge on any atom is 0.326 e. The van der Waals surface area contributed by atoms with Gasteiger partial charge in [-0.05, 0) is 29.8 Å². The van der Waals surface area contributed by atoms with E-state index in [9.17, 15) is 14.7 Å². The summed E-state index contributed by atoms with van der Waals surface area (Å²) in [6.07, 6.45) is 0.115. The Morgan fingerprint density at radius 3 is 2.50 bits per heavy atom. The van der Waals surface area contributed by atoms with Crippen LogP contribution in [0.25, 0.3) is 0 Å². The third kappa shape index (κ3) is 3.93. The van der Waals surface area contributed by atoms with Gasteiger partial charge in [-0.1, -0.05) is 30.3 Å². The third-order valence-corrected chi connectivity index (χ3v) is 3.14. The number of hydrogen-bond donors (Lipinski definition) is 2. The number of nitrogens with zero attached hydrogens (tertiary/aromatic N) is 1. The Balaban J connectivity index is 2.12. The van der Waals surface area contributed by atoms with Gasteiger partial charge in [-0.2, -0.15) is 5.26 Å². The lowest BCUT2D eigenvalue weighted by Crippen LogP contribution is -2.42. The van der Waals surface area contributed by atoms with Crippen LogP contribution in [0.4, 0.5) is 0 Å². The van der Waals surface area contributed by atoms with Gasteiger partial charge >= 0.3 is 5.97 Å². The zero-order chi connectivity index (χ0) is 15.9. The van der Waals surface area contributed by atoms with Gasteiger partial charge in [-0.25, -0.2) is 4.79 Å². The van der Waals surface area contributed by atoms with E-state index in [1.165, 1.54) is 0 Å². The maximum atomic E-state index is 12.0. The molecule has 0 unspecified atom stereocenters. The van der Waals surface area contributed by atoms with Crippen molar-refractivity contribution in [2.24, 2.45) is 0 Å². The summed E-state index contributed by atoms with van der Waals surface area (Å²) >= 11 is 0. The topological polar surface area (TPSA) is 90.2 Å². The summed E-state index contributed by atoms with van der Waals surface area (Å²) in [5.41, 5.74) is 1.54. The van der Waals surface area contributed by atoms with Crippen LogP contribution < -0.4 is 5.32 Å². The molecule has 110 valence electrons. The van der Waals surface area contributed by atoms with E-state index in [1.54, 1.807) is 54.6 Å². The van der Waals surface area contributed by atoms with Gasteiger partial charge in [0.1, 0.15) is 6.04 Å². The number of carbonyl (C=O) groups is 2. The van der Waals surface area contributed by atoms with Crippen LogP contribution in [0.3, 0.4) is 0 Å². The lowest BCUT2D eigenvalue weighted by atomic mass is 10.0. The number of carboxylic acid groups (broad SMARTS) is 1. The zero-order valence-electron chi connectivity index (χ0n) is 11.7. The van der Waals surface area contributed by atoms with Crippen LogP contribution in [-0.4, -0.2) is 23.0 Å². The summed E-state index contributed by atoms with van der Waals surface area (Å²) in [5.74, 6) is -1.56. The van der Waals surface area contributed by atoms with E-state index in [2.05, 4.69) is 5.32 Å². The minimum absolute atomic E-state index is 0.115. The first kappa shape index (κ1) is 15.3. The highest BCUT2D eigenvalue weighted by Crippen LogP contribution is 2.08. The van der Waals surface area contributed by atoms with Gasteiger partial charge in [-0.3, -0.25) is 4.79 Å². The molecule has 0 bridgehead atoms. The molecule has 0 saturated carbocycles. The number of carbonyl (C=O) groups excluding carboxylic acids is 1. The Labute approximate surface area is 127 Å². The molecule has 0 aliphatic rings. The van der Waals surface area contributed by atoms with Crippen molar-refractivity contribution in [3.8, 4) is 6.07 Å². The molecule has 5 nitrogen and oxygen atoms in total. The van der Waals surface area contributed by atoms with Crippen LogP contribution in [0, 0.1) is 11.3 Å². The summed E-state index contributed by atoms with van der Waals surface area (Å²) < 4.78 is 0. The number of hydrogen-bond acceptors (Lipinski definition) is 3. The monoisotopic (exact) mass is 294 g/mol. The number of rotatable bonds is 5. The summed E-state index contributed by atoms with van der Waals surface area (Å²) in [4.78, 5) is 23.4. The van der Waals surface area contributed by atoms with E-state index in [0.29, 0.717) is 16.7 Å². The number of carboxylic acids is 1. The highest BCUT2D eigenvalue weighted by atomic mass is 16.4.